The summed E-state index contributed by atoms with van der Waals surface area (Å²) in [5.41, 5.74) is 0. The summed E-state index contributed by atoms with van der Waals surface area (Å²) in [6.45, 7) is 8.71. The maximum absolute atomic E-state index is 5.08. The quantitative estimate of drug-likeness (QED) is 0.526. The second kappa shape index (κ2) is 5.63. The van der Waals surface area contributed by atoms with Crippen LogP contribution in [0.15, 0.2) is 12.8 Å². The van der Waals surface area contributed by atoms with Gasteiger partial charge in [-0.05, 0) is 13.8 Å². The lowest BCUT2D eigenvalue weighted by Gasteiger charge is -2.09. The van der Waals surface area contributed by atoms with Crippen molar-refractivity contribution >= 4 is 0 Å². The Morgan fingerprint density at radius 1 is 1.67 bits per heavy atom. The number of ether oxygens (including phenoxy) is 2. The lowest BCUT2D eigenvalue weighted by atomic mass is 10.4. The molecule has 0 aromatic heterocycles. The minimum absolute atomic E-state index is 0.127. The predicted molar refractivity (Wildman–Crippen MR) is 37.2 cm³/mol. The molecule has 0 aromatic carbocycles. The lowest BCUT2D eigenvalue weighted by molar-refractivity contribution is 0.0428. The fourth-order valence-electron chi connectivity index (χ4n) is 0.487. The van der Waals surface area contributed by atoms with Crippen molar-refractivity contribution in [2.45, 2.75) is 20.0 Å². The number of hydrogen-bond acceptors (Lipinski definition) is 2. The van der Waals surface area contributed by atoms with E-state index in [1.165, 1.54) is 6.26 Å². The Labute approximate surface area is 56.5 Å². The Bertz CT molecular complexity index is 71.3. The maximum Gasteiger partial charge on any atom is 0.118 e. The van der Waals surface area contributed by atoms with Crippen LogP contribution in [-0.2, 0) is 9.47 Å². The highest BCUT2D eigenvalue weighted by Gasteiger charge is 1.96. The molecule has 0 rings (SSSR count). The first-order valence-electron chi connectivity index (χ1n) is 3.15. The summed E-state index contributed by atoms with van der Waals surface area (Å²) in [6, 6.07) is 0. The van der Waals surface area contributed by atoms with E-state index in [0.717, 1.165) is 6.61 Å². The summed E-state index contributed by atoms with van der Waals surface area (Å²) in [7, 11) is 0. The normalized spacial score (nSPS) is 12.7. The van der Waals surface area contributed by atoms with E-state index in [0.29, 0.717) is 6.61 Å². The molecule has 0 amide bonds. The van der Waals surface area contributed by atoms with Gasteiger partial charge in [-0.1, -0.05) is 6.58 Å². The zero-order valence-electron chi connectivity index (χ0n) is 6.09. The van der Waals surface area contributed by atoms with Crippen LogP contribution in [0.4, 0.5) is 0 Å². The van der Waals surface area contributed by atoms with Gasteiger partial charge in [0.25, 0.3) is 0 Å². The monoisotopic (exact) mass is 130 g/mol. The molecule has 0 saturated carbocycles. The highest BCUT2D eigenvalue weighted by atomic mass is 16.5. The molecule has 0 saturated heterocycles. The third-order valence-corrected chi connectivity index (χ3v) is 0.885. The fraction of sp³-hybridized carbons (Fsp3) is 0.714. The van der Waals surface area contributed by atoms with Gasteiger partial charge in [-0.25, -0.2) is 0 Å². The van der Waals surface area contributed by atoms with Crippen molar-refractivity contribution in [2.75, 3.05) is 13.2 Å². The SMILES string of the molecule is C=COC(C)COCC. The molecule has 54 valence electrons. The maximum atomic E-state index is 5.08. The molecule has 0 aliphatic heterocycles. The van der Waals surface area contributed by atoms with Crippen molar-refractivity contribution in [3.8, 4) is 0 Å². The standard InChI is InChI=1S/C7H14O2/c1-4-8-6-7(3)9-5-2/h5,7H,2,4,6H2,1,3H3. The van der Waals surface area contributed by atoms with Crippen LogP contribution in [0.1, 0.15) is 13.8 Å². The van der Waals surface area contributed by atoms with Crippen LogP contribution in [0, 0.1) is 0 Å². The highest BCUT2D eigenvalue weighted by molar-refractivity contribution is 4.55. The van der Waals surface area contributed by atoms with Gasteiger partial charge >= 0.3 is 0 Å². The van der Waals surface area contributed by atoms with E-state index in [9.17, 15) is 0 Å². The average Bonchev–Trinajstić information content (AvgIpc) is 1.85. The van der Waals surface area contributed by atoms with Gasteiger partial charge in [-0.3, -0.25) is 0 Å². The van der Waals surface area contributed by atoms with Crippen molar-refractivity contribution in [1.29, 1.82) is 0 Å². The summed E-state index contributed by atoms with van der Waals surface area (Å²) in [5.74, 6) is 0. The molecule has 1 atom stereocenters. The van der Waals surface area contributed by atoms with Crippen LogP contribution >= 0.6 is 0 Å². The van der Waals surface area contributed by atoms with Gasteiger partial charge in [0.1, 0.15) is 6.10 Å². The van der Waals surface area contributed by atoms with E-state index < -0.39 is 0 Å². The zero-order chi connectivity index (χ0) is 7.11. The third-order valence-electron chi connectivity index (χ3n) is 0.885. The zero-order valence-corrected chi connectivity index (χ0v) is 6.09. The van der Waals surface area contributed by atoms with Crippen molar-refractivity contribution in [3.05, 3.63) is 12.8 Å². The summed E-state index contributed by atoms with van der Waals surface area (Å²) in [5, 5.41) is 0. The first-order chi connectivity index (χ1) is 4.31. The summed E-state index contributed by atoms with van der Waals surface area (Å²) in [4.78, 5) is 0. The number of hydrogen-bond donors (Lipinski definition) is 0. The Hall–Kier alpha value is -0.500. The molecule has 2 heteroatoms. The van der Waals surface area contributed by atoms with Crippen LogP contribution in [0.25, 0.3) is 0 Å². The molecule has 0 fully saturated rings. The molecule has 0 radical (unpaired) electrons. The van der Waals surface area contributed by atoms with Crippen LogP contribution in [0.5, 0.6) is 0 Å². The second-order valence-corrected chi connectivity index (χ2v) is 1.77. The molecule has 0 aliphatic carbocycles. The van der Waals surface area contributed by atoms with Gasteiger partial charge in [0.05, 0.1) is 12.9 Å². The van der Waals surface area contributed by atoms with Crippen LogP contribution in [-0.4, -0.2) is 19.3 Å². The second-order valence-electron chi connectivity index (χ2n) is 1.77. The van der Waals surface area contributed by atoms with E-state index in [-0.39, 0.29) is 6.10 Å². The Kier molecular flexibility index (Phi) is 5.32. The van der Waals surface area contributed by atoms with Crippen LogP contribution in [0.2, 0.25) is 0 Å². The van der Waals surface area contributed by atoms with E-state index in [1.54, 1.807) is 0 Å². The Morgan fingerprint density at radius 3 is 2.78 bits per heavy atom. The molecule has 1 unspecified atom stereocenters. The summed E-state index contributed by atoms with van der Waals surface area (Å²) < 4.78 is 10.1. The fourth-order valence-corrected chi connectivity index (χ4v) is 0.487. The van der Waals surface area contributed by atoms with E-state index in [4.69, 9.17) is 9.47 Å². The molecule has 2 nitrogen and oxygen atoms in total. The van der Waals surface area contributed by atoms with Gasteiger partial charge in [-0.15, -0.1) is 0 Å². The van der Waals surface area contributed by atoms with Crippen LogP contribution in [0.3, 0.4) is 0 Å². The molecule has 0 heterocycles. The minimum atomic E-state index is 0.127. The molecule has 0 N–H and O–H groups in total. The van der Waals surface area contributed by atoms with E-state index in [2.05, 4.69) is 6.58 Å². The average molecular weight is 130 g/mol. The van der Waals surface area contributed by atoms with Gasteiger partial charge in [-0.2, -0.15) is 0 Å². The van der Waals surface area contributed by atoms with Crippen molar-refractivity contribution in [3.63, 3.8) is 0 Å². The summed E-state index contributed by atoms with van der Waals surface area (Å²) >= 11 is 0. The summed E-state index contributed by atoms with van der Waals surface area (Å²) in [6.07, 6.45) is 1.56. The number of rotatable bonds is 5. The first-order valence-corrected chi connectivity index (χ1v) is 3.15. The smallest absolute Gasteiger partial charge is 0.118 e. The van der Waals surface area contributed by atoms with E-state index >= 15 is 0 Å². The molecule has 0 bridgehead atoms. The minimum Gasteiger partial charge on any atom is -0.497 e. The molecule has 0 aromatic rings. The van der Waals surface area contributed by atoms with Gasteiger partial charge in [0, 0.05) is 6.61 Å². The van der Waals surface area contributed by atoms with Gasteiger partial charge < -0.3 is 9.47 Å². The molecule has 9 heavy (non-hydrogen) atoms. The van der Waals surface area contributed by atoms with Gasteiger partial charge in [0.15, 0.2) is 0 Å². The van der Waals surface area contributed by atoms with Crippen molar-refractivity contribution < 1.29 is 9.47 Å². The molecular weight excluding hydrogens is 116 g/mol. The molecule has 0 spiro atoms. The topological polar surface area (TPSA) is 18.5 Å². The van der Waals surface area contributed by atoms with Crippen molar-refractivity contribution in [1.82, 2.24) is 0 Å². The Balaban J connectivity index is 3.04. The largest absolute Gasteiger partial charge is 0.497 e. The Morgan fingerprint density at radius 2 is 2.33 bits per heavy atom. The van der Waals surface area contributed by atoms with Crippen LogP contribution < -0.4 is 0 Å². The van der Waals surface area contributed by atoms with Gasteiger partial charge in [0.2, 0.25) is 0 Å². The van der Waals surface area contributed by atoms with Crippen molar-refractivity contribution in [2.24, 2.45) is 0 Å². The molecule has 0 aliphatic rings. The first kappa shape index (κ1) is 8.50. The lowest BCUT2D eigenvalue weighted by Crippen LogP contribution is -2.12. The van der Waals surface area contributed by atoms with E-state index in [1.807, 2.05) is 13.8 Å². The predicted octanol–water partition coefficient (Wildman–Crippen LogP) is 1.57. The molecular formula is C7H14O2. The third kappa shape index (κ3) is 5.37. The highest BCUT2D eigenvalue weighted by Crippen LogP contribution is 1.90.